The molecule has 1 saturated heterocycles. The third kappa shape index (κ3) is 4.60. The topological polar surface area (TPSA) is 107 Å². The molecule has 5 rings (SSSR count). The molecule has 38 heavy (non-hydrogen) atoms. The first-order valence-corrected chi connectivity index (χ1v) is 14.1. The molecule has 10 heteroatoms. The number of hydrazone groups is 1. The van der Waals surface area contributed by atoms with Crippen LogP contribution in [0, 0.1) is 19.8 Å². The fourth-order valence-electron chi connectivity index (χ4n) is 5.61. The SMILES string of the molecule is CCN1N=C(C2CC(O)CN2C(=O)C(c2cc(C)no2)C(C)C)NC1(C)c1ccc(-c2scnc2C)cc1. The quantitative estimate of drug-likeness (QED) is 0.465. The highest BCUT2D eigenvalue weighted by atomic mass is 32.1. The van der Waals surface area contributed by atoms with Crippen molar-refractivity contribution < 1.29 is 14.4 Å². The zero-order valence-corrected chi connectivity index (χ0v) is 23.6. The van der Waals surface area contributed by atoms with E-state index in [2.05, 4.69) is 53.6 Å². The molecule has 2 N–H and O–H groups in total. The second kappa shape index (κ2) is 10.1. The summed E-state index contributed by atoms with van der Waals surface area (Å²) < 4.78 is 5.51. The van der Waals surface area contributed by atoms with E-state index in [0.717, 1.165) is 22.5 Å². The first kappa shape index (κ1) is 26.4. The molecule has 4 heterocycles. The second-order valence-corrected chi connectivity index (χ2v) is 11.6. The van der Waals surface area contributed by atoms with Gasteiger partial charge in [0.2, 0.25) is 5.91 Å². The number of carbonyl (C=O) groups excluding carboxylic acids is 1. The second-order valence-electron chi connectivity index (χ2n) is 10.7. The van der Waals surface area contributed by atoms with Crippen LogP contribution in [0.25, 0.3) is 10.4 Å². The number of β-amino-alcohol motifs (C(OH)–C–C–N with tert-alkyl or cyclic N) is 1. The van der Waals surface area contributed by atoms with E-state index in [1.165, 1.54) is 4.88 Å². The number of aliphatic hydroxyl groups is 1. The number of thiazole rings is 1. The minimum absolute atomic E-state index is 0.00446. The van der Waals surface area contributed by atoms with Crippen LogP contribution < -0.4 is 5.32 Å². The number of nitrogens with one attached hydrogen (secondary N) is 1. The Morgan fingerprint density at radius 2 is 2.03 bits per heavy atom. The van der Waals surface area contributed by atoms with Crippen LogP contribution in [0.5, 0.6) is 0 Å². The summed E-state index contributed by atoms with van der Waals surface area (Å²) in [6.07, 6.45) is -0.198. The molecule has 1 amide bonds. The van der Waals surface area contributed by atoms with Crippen molar-refractivity contribution >= 4 is 23.1 Å². The first-order valence-electron chi connectivity index (χ1n) is 13.2. The van der Waals surface area contributed by atoms with Gasteiger partial charge in [-0.15, -0.1) is 11.3 Å². The number of amides is 1. The lowest BCUT2D eigenvalue weighted by molar-refractivity contribution is -0.134. The van der Waals surface area contributed by atoms with Crippen LogP contribution in [0.3, 0.4) is 0 Å². The van der Waals surface area contributed by atoms with Gasteiger partial charge < -0.3 is 19.8 Å². The normalized spacial score (nSPS) is 24.2. The molecule has 4 atom stereocenters. The van der Waals surface area contributed by atoms with Gasteiger partial charge in [0.05, 0.1) is 33.9 Å². The van der Waals surface area contributed by atoms with Gasteiger partial charge in [0, 0.05) is 25.6 Å². The highest BCUT2D eigenvalue weighted by Crippen LogP contribution is 2.36. The molecule has 2 aliphatic rings. The number of carbonyl (C=O) groups is 1. The van der Waals surface area contributed by atoms with Crippen molar-refractivity contribution in [2.75, 3.05) is 13.1 Å². The molecule has 4 unspecified atom stereocenters. The van der Waals surface area contributed by atoms with Gasteiger partial charge >= 0.3 is 0 Å². The van der Waals surface area contributed by atoms with Gasteiger partial charge in [-0.3, -0.25) is 9.80 Å². The number of likely N-dealkylation sites (tertiary alicyclic amines) is 1. The molecule has 0 aliphatic carbocycles. The Bertz CT molecular complexity index is 1330. The summed E-state index contributed by atoms with van der Waals surface area (Å²) in [5.41, 5.74) is 5.25. The van der Waals surface area contributed by atoms with Crippen molar-refractivity contribution in [3.8, 4) is 10.4 Å². The van der Waals surface area contributed by atoms with Crippen molar-refractivity contribution in [3.63, 3.8) is 0 Å². The Hall–Kier alpha value is -3.24. The predicted molar refractivity (Wildman–Crippen MR) is 148 cm³/mol. The van der Waals surface area contributed by atoms with Gasteiger partial charge in [-0.2, -0.15) is 5.10 Å². The number of hydrogen-bond donors (Lipinski definition) is 2. The predicted octanol–water partition coefficient (Wildman–Crippen LogP) is 4.23. The third-order valence-corrected chi connectivity index (χ3v) is 8.61. The lowest BCUT2D eigenvalue weighted by Gasteiger charge is -2.35. The van der Waals surface area contributed by atoms with Crippen LogP contribution in [-0.2, 0) is 10.5 Å². The largest absolute Gasteiger partial charge is 0.391 e. The van der Waals surface area contributed by atoms with E-state index < -0.39 is 17.7 Å². The van der Waals surface area contributed by atoms with Crippen LogP contribution in [-0.4, -0.2) is 62.1 Å². The molecule has 9 nitrogen and oxygen atoms in total. The minimum Gasteiger partial charge on any atom is -0.391 e. The summed E-state index contributed by atoms with van der Waals surface area (Å²) in [5.74, 6) is 0.688. The Labute approximate surface area is 227 Å². The van der Waals surface area contributed by atoms with Crippen LogP contribution >= 0.6 is 11.3 Å². The van der Waals surface area contributed by atoms with E-state index in [-0.39, 0.29) is 24.4 Å². The number of aryl methyl sites for hydroxylation is 2. The number of hydrogen-bond acceptors (Lipinski definition) is 9. The fourth-order valence-corrected chi connectivity index (χ4v) is 6.42. The van der Waals surface area contributed by atoms with E-state index in [1.54, 1.807) is 16.2 Å². The molecule has 0 spiro atoms. The average Bonchev–Trinajstić information content (AvgIpc) is 3.66. The van der Waals surface area contributed by atoms with Crippen molar-refractivity contribution in [2.24, 2.45) is 11.0 Å². The zero-order valence-electron chi connectivity index (χ0n) is 22.8. The van der Waals surface area contributed by atoms with Gasteiger partial charge in [0.15, 0.2) is 5.66 Å². The Morgan fingerprint density at radius 1 is 1.29 bits per heavy atom. The standard InChI is InChI=1S/C28H36N6O3S/c1-7-34-28(6,20-10-8-19(9-11-20)25-18(5)29-15-38-25)30-26(31-34)22-13-21(35)14-33(22)27(36)24(16(2)3)23-12-17(4)32-37-23/h8-12,15-16,21-22,24,35H,7,13-14H2,1-6H3,(H,30,31). The fraction of sp³-hybridized carbons (Fsp3) is 0.500. The smallest absolute Gasteiger partial charge is 0.234 e. The van der Waals surface area contributed by atoms with Crippen molar-refractivity contribution in [3.05, 3.63) is 58.6 Å². The Kier molecular flexibility index (Phi) is 7.04. The number of amidine groups is 1. The van der Waals surface area contributed by atoms with Gasteiger partial charge in [0.1, 0.15) is 17.5 Å². The van der Waals surface area contributed by atoms with Crippen LogP contribution in [0.15, 0.2) is 45.5 Å². The summed E-state index contributed by atoms with van der Waals surface area (Å²) in [6, 6.07) is 9.94. The van der Waals surface area contributed by atoms with Crippen molar-refractivity contribution in [2.45, 2.75) is 71.7 Å². The van der Waals surface area contributed by atoms with E-state index in [9.17, 15) is 9.90 Å². The molecule has 1 fully saturated rings. The van der Waals surface area contributed by atoms with Crippen LogP contribution in [0.1, 0.15) is 62.7 Å². The molecule has 2 aliphatic heterocycles. The van der Waals surface area contributed by atoms with Crippen molar-refractivity contribution in [1.82, 2.24) is 25.4 Å². The molecule has 1 aromatic carbocycles. The first-order chi connectivity index (χ1) is 18.1. The third-order valence-electron chi connectivity index (χ3n) is 7.63. The molecular weight excluding hydrogens is 500 g/mol. The average molecular weight is 537 g/mol. The van der Waals surface area contributed by atoms with Crippen LogP contribution in [0.4, 0.5) is 0 Å². The number of aliphatic hydroxyl groups excluding tert-OH is 1. The van der Waals surface area contributed by atoms with E-state index in [1.807, 2.05) is 44.3 Å². The van der Waals surface area contributed by atoms with E-state index in [0.29, 0.717) is 24.6 Å². The van der Waals surface area contributed by atoms with Gasteiger partial charge in [-0.25, -0.2) is 4.98 Å². The van der Waals surface area contributed by atoms with Crippen LogP contribution in [0.2, 0.25) is 0 Å². The highest BCUT2D eigenvalue weighted by Gasteiger charge is 2.47. The maximum Gasteiger partial charge on any atom is 0.234 e. The summed E-state index contributed by atoms with van der Waals surface area (Å²) in [4.78, 5) is 21.2. The molecule has 0 bridgehead atoms. The zero-order chi connectivity index (χ0) is 27.2. The lowest BCUT2D eigenvalue weighted by Crippen LogP contribution is -2.52. The number of benzene rings is 1. The summed E-state index contributed by atoms with van der Waals surface area (Å²) in [6.45, 7) is 13.0. The molecule has 3 aromatic rings. The lowest BCUT2D eigenvalue weighted by atomic mass is 9.91. The Balaban J connectivity index is 1.41. The van der Waals surface area contributed by atoms with E-state index >= 15 is 0 Å². The van der Waals surface area contributed by atoms with Gasteiger partial charge in [-0.1, -0.05) is 43.3 Å². The molecule has 2 aromatic heterocycles. The monoisotopic (exact) mass is 536 g/mol. The molecular formula is C28H36N6O3S. The maximum absolute atomic E-state index is 13.9. The van der Waals surface area contributed by atoms with E-state index in [4.69, 9.17) is 9.62 Å². The van der Waals surface area contributed by atoms with Gasteiger partial charge in [-0.05, 0) is 44.7 Å². The number of nitrogens with zero attached hydrogens (tertiary/aromatic N) is 5. The molecule has 202 valence electrons. The summed E-state index contributed by atoms with van der Waals surface area (Å²) in [5, 5.41) is 25.3. The maximum atomic E-state index is 13.9. The number of aromatic nitrogens is 2. The van der Waals surface area contributed by atoms with Crippen molar-refractivity contribution in [1.29, 1.82) is 0 Å². The summed E-state index contributed by atoms with van der Waals surface area (Å²) in [7, 11) is 0. The highest BCUT2D eigenvalue weighted by molar-refractivity contribution is 7.13. The molecule has 0 radical (unpaired) electrons. The molecule has 0 saturated carbocycles. The summed E-state index contributed by atoms with van der Waals surface area (Å²) >= 11 is 1.64. The van der Waals surface area contributed by atoms with Gasteiger partial charge in [0.25, 0.3) is 0 Å². The minimum atomic E-state index is -0.624. The number of rotatable bonds is 7. The Morgan fingerprint density at radius 3 is 2.61 bits per heavy atom.